The van der Waals surface area contributed by atoms with Crippen LogP contribution in [0.25, 0.3) is 0 Å². The number of nitrogens with one attached hydrogen (secondary N) is 1. The van der Waals surface area contributed by atoms with Gasteiger partial charge in [0, 0.05) is 11.6 Å². The molecular formula is C19H20N2O5. The maximum atomic E-state index is 12.1. The van der Waals surface area contributed by atoms with Gasteiger partial charge in [-0.05, 0) is 30.7 Å². The van der Waals surface area contributed by atoms with Gasteiger partial charge in [0.15, 0.2) is 11.5 Å². The molecule has 1 unspecified atom stereocenters. The Hall–Kier alpha value is -3.22. The number of hydrogen-bond donors (Lipinski definition) is 2. The summed E-state index contributed by atoms with van der Waals surface area (Å²) in [4.78, 5) is 12.1. The number of ether oxygens (including phenoxy) is 3. The summed E-state index contributed by atoms with van der Waals surface area (Å²) in [5, 5.41) is 13.8. The van der Waals surface area contributed by atoms with Crippen LogP contribution in [0.3, 0.4) is 0 Å². The van der Waals surface area contributed by atoms with Gasteiger partial charge < -0.3 is 19.3 Å². The number of phenols is 1. The van der Waals surface area contributed by atoms with Crippen LogP contribution in [0.4, 0.5) is 0 Å². The van der Waals surface area contributed by atoms with E-state index in [0.29, 0.717) is 29.4 Å². The van der Waals surface area contributed by atoms with Gasteiger partial charge in [-0.15, -0.1) is 0 Å². The average Bonchev–Trinajstić information content (AvgIpc) is 2.67. The minimum Gasteiger partial charge on any atom is -0.507 e. The van der Waals surface area contributed by atoms with Gasteiger partial charge in [-0.1, -0.05) is 19.1 Å². The van der Waals surface area contributed by atoms with Crippen molar-refractivity contribution in [1.82, 2.24) is 5.43 Å². The number of amides is 1. The normalized spacial score (nSPS) is 15.7. The molecule has 0 fully saturated rings. The minimum atomic E-state index is -0.791. The number of nitrogens with zero attached hydrogens (tertiary/aromatic N) is 1. The van der Waals surface area contributed by atoms with Gasteiger partial charge in [0.05, 0.1) is 12.8 Å². The number of rotatable bonds is 6. The quantitative estimate of drug-likeness (QED) is 0.613. The lowest BCUT2D eigenvalue weighted by molar-refractivity contribution is -0.130. The van der Waals surface area contributed by atoms with Crippen LogP contribution in [0, 0.1) is 0 Å². The van der Waals surface area contributed by atoms with E-state index in [1.807, 2.05) is 13.0 Å². The highest BCUT2D eigenvalue weighted by molar-refractivity contribution is 5.86. The molecule has 0 spiro atoms. The molecule has 7 nitrogen and oxygen atoms in total. The average molecular weight is 356 g/mol. The van der Waals surface area contributed by atoms with Gasteiger partial charge in [-0.25, -0.2) is 5.43 Å². The molecule has 0 bridgehead atoms. The number of hydrogen-bond acceptors (Lipinski definition) is 6. The summed E-state index contributed by atoms with van der Waals surface area (Å²) in [6, 6.07) is 12.0. The van der Waals surface area contributed by atoms with E-state index in [9.17, 15) is 9.90 Å². The molecule has 3 rings (SSSR count). The Morgan fingerprint density at radius 2 is 2.15 bits per heavy atom. The molecule has 2 N–H and O–H groups in total. The van der Waals surface area contributed by atoms with Crippen molar-refractivity contribution in [3.8, 4) is 23.0 Å². The zero-order valence-electron chi connectivity index (χ0n) is 14.3. The second kappa shape index (κ2) is 8.24. The van der Waals surface area contributed by atoms with Crippen LogP contribution in [0.15, 0.2) is 47.6 Å². The number of aromatic hydroxyl groups is 1. The number of fused-ring (bicyclic) bond motifs is 1. The highest BCUT2D eigenvalue weighted by Crippen LogP contribution is 2.30. The van der Waals surface area contributed by atoms with E-state index < -0.39 is 12.0 Å². The van der Waals surface area contributed by atoms with E-state index in [1.54, 1.807) is 30.3 Å². The third-order valence-electron chi connectivity index (χ3n) is 3.65. The monoisotopic (exact) mass is 356 g/mol. The fourth-order valence-electron chi connectivity index (χ4n) is 2.33. The molecule has 7 heteroatoms. The fraction of sp³-hybridized carbons (Fsp3) is 0.263. The Morgan fingerprint density at radius 1 is 1.35 bits per heavy atom. The topological polar surface area (TPSA) is 89.4 Å². The summed E-state index contributed by atoms with van der Waals surface area (Å²) >= 11 is 0. The van der Waals surface area contributed by atoms with Crippen molar-refractivity contribution in [3.63, 3.8) is 0 Å². The third-order valence-corrected chi connectivity index (χ3v) is 3.65. The molecule has 0 aliphatic carbocycles. The Labute approximate surface area is 151 Å². The van der Waals surface area contributed by atoms with Crippen LogP contribution in [0.1, 0.15) is 18.9 Å². The summed E-state index contributed by atoms with van der Waals surface area (Å²) in [7, 11) is 0. The molecule has 0 radical (unpaired) electrons. The molecule has 1 amide bonds. The Balaban J connectivity index is 1.56. The second-order valence-corrected chi connectivity index (χ2v) is 5.67. The van der Waals surface area contributed by atoms with E-state index in [0.717, 1.165) is 6.42 Å². The number of carbonyl (C=O) groups is 1. The molecule has 0 aromatic heterocycles. The first-order valence-corrected chi connectivity index (χ1v) is 8.34. The van der Waals surface area contributed by atoms with Gasteiger partial charge in [0.1, 0.15) is 18.1 Å². The van der Waals surface area contributed by atoms with Crippen molar-refractivity contribution in [1.29, 1.82) is 0 Å². The molecule has 26 heavy (non-hydrogen) atoms. The van der Waals surface area contributed by atoms with E-state index in [4.69, 9.17) is 14.2 Å². The van der Waals surface area contributed by atoms with Gasteiger partial charge in [0.2, 0.25) is 6.10 Å². The van der Waals surface area contributed by atoms with Crippen molar-refractivity contribution < 1.29 is 24.1 Å². The van der Waals surface area contributed by atoms with Gasteiger partial charge in [0.25, 0.3) is 5.91 Å². The molecule has 136 valence electrons. The molecule has 1 heterocycles. The second-order valence-electron chi connectivity index (χ2n) is 5.67. The van der Waals surface area contributed by atoms with Crippen LogP contribution in [0.2, 0.25) is 0 Å². The number of carbonyl (C=O) groups excluding carboxylic acids is 1. The summed E-state index contributed by atoms with van der Waals surface area (Å²) in [5.41, 5.74) is 2.85. The smallest absolute Gasteiger partial charge is 0.284 e. The molecule has 2 aromatic rings. The summed E-state index contributed by atoms with van der Waals surface area (Å²) in [6.07, 6.45) is 1.45. The predicted molar refractivity (Wildman–Crippen MR) is 96.0 cm³/mol. The van der Waals surface area contributed by atoms with Crippen LogP contribution < -0.4 is 19.6 Å². The lowest BCUT2D eigenvalue weighted by atomic mass is 10.2. The van der Waals surface area contributed by atoms with Gasteiger partial charge in [-0.3, -0.25) is 4.79 Å². The first-order valence-electron chi connectivity index (χ1n) is 8.34. The highest BCUT2D eigenvalue weighted by Gasteiger charge is 2.26. The third kappa shape index (κ3) is 4.24. The Morgan fingerprint density at radius 3 is 2.92 bits per heavy atom. The largest absolute Gasteiger partial charge is 0.507 e. The molecule has 1 aliphatic rings. The Bertz CT molecular complexity index is 806. The van der Waals surface area contributed by atoms with Crippen molar-refractivity contribution in [2.75, 3.05) is 13.2 Å². The molecule has 1 atom stereocenters. The standard InChI is InChI=1S/C19H20N2O5/c1-2-9-24-14-8-7-13(15(22)10-14)11-20-21-19(23)18-12-25-16-5-3-4-6-17(16)26-18/h3-8,10-11,18,22H,2,9,12H2,1H3,(H,21,23). The van der Waals surface area contributed by atoms with E-state index in [-0.39, 0.29) is 12.4 Å². The molecule has 2 aromatic carbocycles. The summed E-state index contributed by atoms with van der Waals surface area (Å²) < 4.78 is 16.5. The van der Waals surface area contributed by atoms with Crippen LogP contribution in [0.5, 0.6) is 23.0 Å². The first kappa shape index (κ1) is 17.6. The maximum absolute atomic E-state index is 12.1. The number of para-hydroxylation sites is 2. The maximum Gasteiger partial charge on any atom is 0.284 e. The van der Waals surface area contributed by atoms with Crippen LogP contribution >= 0.6 is 0 Å². The number of hydrazone groups is 1. The number of benzene rings is 2. The first-order chi connectivity index (χ1) is 12.7. The molecule has 1 aliphatic heterocycles. The number of phenolic OH excluding ortho intramolecular Hbond substituents is 1. The van der Waals surface area contributed by atoms with Crippen molar-refractivity contribution in [2.24, 2.45) is 5.10 Å². The molecule has 0 saturated carbocycles. The molecule has 0 saturated heterocycles. The van der Waals surface area contributed by atoms with Crippen molar-refractivity contribution in [2.45, 2.75) is 19.4 Å². The zero-order chi connectivity index (χ0) is 18.4. The van der Waals surface area contributed by atoms with E-state index >= 15 is 0 Å². The molecular weight excluding hydrogens is 336 g/mol. The lowest BCUT2D eigenvalue weighted by Crippen LogP contribution is -2.42. The summed E-state index contributed by atoms with van der Waals surface area (Å²) in [5.74, 6) is 1.29. The predicted octanol–water partition coefficient (Wildman–Crippen LogP) is 2.47. The zero-order valence-corrected chi connectivity index (χ0v) is 14.3. The van der Waals surface area contributed by atoms with E-state index in [1.165, 1.54) is 12.3 Å². The summed E-state index contributed by atoms with van der Waals surface area (Å²) in [6.45, 7) is 2.69. The van der Waals surface area contributed by atoms with Crippen LogP contribution in [-0.4, -0.2) is 36.5 Å². The minimum absolute atomic E-state index is 0.0165. The van der Waals surface area contributed by atoms with Crippen LogP contribution in [-0.2, 0) is 4.79 Å². The van der Waals surface area contributed by atoms with Crippen molar-refractivity contribution in [3.05, 3.63) is 48.0 Å². The SMILES string of the molecule is CCCOc1ccc(C=NNC(=O)C2COc3ccccc3O2)c(O)c1. The Kier molecular flexibility index (Phi) is 5.58. The fourth-order valence-corrected chi connectivity index (χ4v) is 2.33. The van der Waals surface area contributed by atoms with E-state index in [2.05, 4.69) is 10.5 Å². The highest BCUT2D eigenvalue weighted by atomic mass is 16.6. The van der Waals surface area contributed by atoms with Gasteiger partial charge >= 0.3 is 0 Å². The van der Waals surface area contributed by atoms with Gasteiger partial charge in [-0.2, -0.15) is 5.10 Å². The lowest BCUT2D eigenvalue weighted by Gasteiger charge is -2.24. The van der Waals surface area contributed by atoms with Crippen molar-refractivity contribution >= 4 is 12.1 Å².